The molecular formula is C20H27NO2S. The smallest absolute Gasteiger partial charge is 0.264 e. The minimum atomic E-state index is 0.291. The third-order valence-corrected chi connectivity index (χ3v) is 6.80. The number of thiocarbonyl (C=S) groups is 1. The van der Waals surface area contributed by atoms with E-state index in [1.54, 1.807) is 7.11 Å². The number of benzene rings is 1. The quantitative estimate of drug-likeness (QED) is 0.758. The standard InChI is InChI=1S/C20H27NO2S/c1-21(2)19(24)23-16-4-5-18(22-3)17(9-16)20-10-13-6-14(11-20)8-15(7-13)12-20/h4-5,9,13-15H,6-8,10-12H2,1-3H3. The Morgan fingerprint density at radius 1 is 1.08 bits per heavy atom. The highest BCUT2D eigenvalue weighted by atomic mass is 32.1. The molecule has 0 amide bonds. The van der Waals surface area contributed by atoms with Crippen molar-refractivity contribution in [3.63, 3.8) is 0 Å². The summed E-state index contributed by atoms with van der Waals surface area (Å²) in [5, 5.41) is 0.497. The van der Waals surface area contributed by atoms with Crippen LogP contribution < -0.4 is 9.47 Å². The van der Waals surface area contributed by atoms with E-state index in [0.29, 0.717) is 10.6 Å². The van der Waals surface area contributed by atoms with E-state index in [1.165, 1.54) is 44.1 Å². The summed E-state index contributed by atoms with van der Waals surface area (Å²) in [5.41, 5.74) is 1.64. The van der Waals surface area contributed by atoms with E-state index in [2.05, 4.69) is 12.1 Å². The molecule has 1 aromatic carbocycles. The molecule has 0 heterocycles. The van der Waals surface area contributed by atoms with Gasteiger partial charge in [0.1, 0.15) is 11.5 Å². The second-order valence-corrected chi connectivity index (χ2v) is 8.67. The van der Waals surface area contributed by atoms with Crippen LogP contribution in [0.5, 0.6) is 11.5 Å². The minimum absolute atomic E-state index is 0.291. The molecule has 0 unspecified atom stereocenters. The third-order valence-electron chi connectivity index (χ3n) is 6.35. The van der Waals surface area contributed by atoms with Gasteiger partial charge in [0, 0.05) is 19.7 Å². The normalized spacial score (nSPS) is 33.4. The molecule has 4 aliphatic carbocycles. The molecule has 24 heavy (non-hydrogen) atoms. The van der Waals surface area contributed by atoms with Gasteiger partial charge < -0.3 is 14.4 Å². The summed E-state index contributed by atoms with van der Waals surface area (Å²) < 4.78 is 11.6. The maximum Gasteiger partial charge on any atom is 0.264 e. The molecule has 0 aromatic heterocycles. The SMILES string of the molecule is COc1ccc(OC(=S)N(C)C)cc1C12CC3CC(CC(C3)C1)C2. The number of rotatable bonds is 3. The maximum atomic E-state index is 5.88. The van der Waals surface area contributed by atoms with E-state index in [1.807, 2.05) is 25.1 Å². The van der Waals surface area contributed by atoms with Gasteiger partial charge in [-0.05, 0) is 92.1 Å². The summed E-state index contributed by atoms with van der Waals surface area (Å²) >= 11 is 5.31. The first kappa shape index (κ1) is 16.2. The van der Waals surface area contributed by atoms with Crippen LogP contribution in [0, 0.1) is 17.8 Å². The van der Waals surface area contributed by atoms with E-state index in [0.717, 1.165) is 29.3 Å². The van der Waals surface area contributed by atoms with Crippen molar-refractivity contribution in [2.75, 3.05) is 21.2 Å². The molecule has 0 saturated heterocycles. The van der Waals surface area contributed by atoms with Gasteiger partial charge in [-0.1, -0.05) is 0 Å². The lowest BCUT2D eigenvalue weighted by molar-refractivity contribution is -0.00622. The van der Waals surface area contributed by atoms with Crippen LogP contribution in [0.4, 0.5) is 0 Å². The van der Waals surface area contributed by atoms with Gasteiger partial charge in [0.15, 0.2) is 0 Å². The van der Waals surface area contributed by atoms with Crippen LogP contribution in [-0.4, -0.2) is 31.3 Å². The van der Waals surface area contributed by atoms with Gasteiger partial charge in [-0.2, -0.15) is 0 Å². The van der Waals surface area contributed by atoms with Crippen molar-refractivity contribution in [1.29, 1.82) is 0 Å². The first-order valence-corrected chi connectivity index (χ1v) is 9.47. The van der Waals surface area contributed by atoms with Crippen molar-refractivity contribution in [2.24, 2.45) is 17.8 Å². The number of hydrogen-bond acceptors (Lipinski definition) is 3. The molecule has 130 valence electrons. The monoisotopic (exact) mass is 345 g/mol. The molecule has 0 aliphatic heterocycles. The topological polar surface area (TPSA) is 21.7 Å². The molecule has 1 aromatic rings. The highest BCUT2D eigenvalue weighted by Crippen LogP contribution is 2.62. The molecule has 4 bridgehead atoms. The van der Waals surface area contributed by atoms with Gasteiger partial charge in [-0.15, -0.1) is 0 Å². The Morgan fingerprint density at radius 3 is 2.17 bits per heavy atom. The second kappa shape index (κ2) is 5.91. The molecule has 5 rings (SSSR count). The van der Waals surface area contributed by atoms with Crippen molar-refractivity contribution in [2.45, 2.75) is 43.9 Å². The Morgan fingerprint density at radius 2 is 1.67 bits per heavy atom. The van der Waals surface area contributed by atoms with Crippen LogP contribution >= 0.6 is 12.2 Å². The molecule has 3 nitrogen and oxygen atoms in total. The first-order chi connectivity index (χ1) is 11.5. The van der Waals surface area contributed by atoms with E-state index >= 15 is 0 Å². The van der Waals surface area contributed by atoms with Gasteiger partial charge >= 0.3 is 0 Å². The minimum Gasteiger partial charge on any atom is -0.496 e. The molecular weight excluding hydrogens is 318 g/mol. The van der Waals surface area contributed by atoms with Crippen LogP contribution in [0.2, 0.25) is 0 Å². The largest absolute Gasteiger partial charge is 0.496 e. The zero-order valence-corrected chi connectivity index (χ0v) is 15.7. The van der Waals surface area contributed by atoms with E-state index in [9.17, 15) is 0 Å². The summed E-state index contributed by atoms with van der Waals surface area (Å²) in [6, 6.07) is 6.22. The van der Waals surface area contributed by atoms with E-state index in [-0.39, 0.29) is 0 Å². The number of ether oxygens (including phenoxy) is 2. The predicted molar refractivity (Wildman–Crippen MR) is 99.8 cm³/mol. The zero-order valence-electron chi connectivity index (χ0n) is 14.9. The molecule has 4 heteroatoms. The van der Waals surface area contributed by atoms with Crippen molar-refractivity contribution < 1.29 is 9.47 Å². The number of methoxy groups -OCH3 is 1. The molecule has 4 saturated carbocycles. The predicted octanol–water partition coefficient (Wildman–Crippen LogP) is 4.39. The van der Waals surface area contributed by atoms with E-state index < -0.39 is 0 Å². The van der Waals surface area contributed by atoms with Crippen LogP contribution in [0.1, 0.15) is 44.1 Å². The Balaban J connectivity index is 1.70. The fourth-order valence-electron chi connectivity index (χ4n) is 5.80. The van der Waals surface area contributed by atoms with Gasteiger partial charge in [0.05, 0.1) is 7.11 Å². The Kier molecular flexibility index (Phi) is 3.98. The zero-order chi connectivity index (χ0) is 16.9. The lowest BCUT2D eigenvalue weighted by Crippen LogP contribution is -2.48. The van der Waals surface area contributed by atoms with Gasteiger partial charge in [0.25, 0.3) is 5.17 Å². The fourth-order valence-corrected chi connectivity index (χ4v) is 5.89. The van der Waals surface area contributed by atoms with Crippen LogP contribution in [0.3, 0.4) is 0 Å². The summed E-state index contributed by atoms with van der Waals surface area (Å²) in [6.07, 6.45) is 8.29. The number of nitrogens with zero attached hydrogens (tertiary/aromatic N) is 1. The van der Waals surface area contributed by atoms with Gasteiger partial charge in [-0.3, -0.25) is 0 Å². The lowest BCUT2D eigenvalue weighted by atomic mass is 9.48. The van der Waals surface area contributed by atoms with Crippen LogP contribution in [0.25, 0.3) is 0 Å². The highest BCUT2D eigenvalue weighted by Gasteiger charge is 2.52. The summed E-state index contributed by atoms with van der Waals surface area (Å²) in [6.45, 7) is 0. The molecule has 4 fully saturated rings. The molecule has 0 N–H and O–H groups in total. The lowest BCUT2D eigenvalue weighted by Gasteiger charge is -2.57. The first-order valence-electron chi connectivity index (χ1n) is 9.07. The van der Waals surface area contributed by atoms with Crippen molar-refractivity contribution >= 4 is 17.4 Å². The van der Waals surface area contributed by atoms with Crippen molar-refractivity contribution in [3.05, 3.63) is 23.8 Å². The maximum absolute atomic E-state index is 5.88. The van der Waals surface area contributed by atoms with Crippen molar-refractivity contribution in [1.82, 2.24) is 4.90 Å². The average Bonchev–Trinajstić information content (AvgIpc) is 2.53. The summed E-state index contributed by atoms with van der Waals surface area (Å²) in [4.78, 5) is 1.82. The Hall–Kier alpha value is -1.29. The Bertz CT molecular complexity index is 620. The average molecular weight is 346 g/mol. The second-order valence-electron chi connectivity index (χ2n) is 8.32. The summed E-state index contributed by atoms with van der Waals surface area (Å²) in [7, 11) is 5.60. The molecule has 0 atom stereocenters. The van der Waals surface area contributed by atoms with Gasteiger partial charge in [0.2, 0.25) is 0 Å². The molecule has 0 spiro atoms. The third kappa shape index (κ3) is 2.69. The summed E-state index contributed by atoms with van der Waals surface area (Å²) in [5.74, 6) is 4.58. The molecule has 0 radical (unpaired) electrons. The Labute approximate surface area is 150 Å². The van der Waals surface area contributed by atoms with Crippen molar-refractivity contribution in [3.8, 4) is 11.5 Å². The van der Waals surface area contributed by atoms with Crippen LogP contribution in [0.15, 0.2) is 18.2 Å². The van der Waals surface area contributed by atoms with Gasteiger partial charge in [-0.25, -0.2) is 0 Å². The molecule has 4 aliphatic rings. The number of hydrogen-bond donors (Lipinski definition) is 0. The van der Waals surface area contributed by atoms with E-state index in [4.69, 9.17) is 21.7 Å². The van der Waals surface area contributed by atoms with Crippen LogP contribution in [-0.2, 0) is 5.41 Å². The highest BCUT2D eigenvalue weighted by molar-refractivity contribution is 7.80. The fraction of sp³-hybridized carbons (Fsp3) is 0.650.